The number of benzene rings is 2. The molecule has 2 aromatic carbocycles. The zero-order chi connectivity index (χ0) is 23.1. The number of fused-ring (bicyclic) bond motifs is 2. The van der Waals surface area contributed by atoms with Gasteiger partial charge in [-0.15, -0.1) is 0 Å². The number of nitrogens with one attached hydrogen (secondary N) is 1. The Morgan fingerprint density at radius 3 is 2.68 bits per heavy atom. The first-order valence-electron chi connectivity index (χ1n) is 10.7. The maximum absolute atomic E-state index is 12.7. The van der Waals surface area contributed by atoms with E-state index in [1.807, 2.05) is 0 Å². The number of aromatic nitrogens is 4. The minimum atomic E-state index is -0.344. The molecule has 12 heteroatoms. The van der Waals surface area contributed by atoms with Gasteiger partial charge in [0.15, 0.2) is 11.5 Å². The van der Waals surface area contributed by atoms with Gasteiger partial charge in [-0.05, 0) is 46.8 Å². The topological polar surface area (TPSA) is 128 Å². The van der Waals surface area contributed by atoms with Crippen LogP contribution in [-0.4, -0.2) is 71.5 Å². The highest BCUT2D eigenvalue weighted by Gasteiger charge is 2.50. The van der Waals surface area contributed by atoms with Gasteiger partial charge in [0.2, 0.25) is 6.79 Å². The van der Waals surface area contributed by atoms with Crippen molar-refractivity contribution in [3.63, 3.8) is 0 Å². The predicted molar refractivity (Wildman–Crippen MR) is 113 cm³/mol. The molecule has 2 fully saturated rings. The Hall–Kier alpha value is -3.90. The average molecular weight is 467 g/mol. The monoisotopic (exact) mass is 467 g/mol. The number of rotatable bonds is 6. The highest BCUT2D eigenvalue weighted by molar-refractivity contribution is 5.94. The third-order valence-corrected chi connectivity index (χ3v) is 6.03. The van der Waals surface area contributed by atoms with Crippen LogP contribution in [0.2, 0.25) is 0 Å². The third kappa shape index (κ3) is 3.66. The van der Waals surface area contributed by atoms with E-state index >= 15 is 0 Å². The summed E-state index contributed by atoms with van der Waals surface area (Å²) in [7, 11) is 1.58. The van der Waals surface area contributed by atoms with Crippen LogP contribution in [0.3, 0.4) is 0 Å². The molecule has 34 heavy (non-hydrogen) atoms. The van der Waals surface area contributed by atoms with Gasteiger partial charge in [-0.1, -0.05) is 5.10 Å². The fourth-order valence-electron chi connectivity index (χ4n) is 4.31. The van der Waals surface area contributed by atoms with E-state index in [4.69, 9.17) is 28.4 Å². The van der Waals surface area contributed by atoms with Gasteiger partial charge in [0.25, 0.3) is 5.91 Å². The summed E-state index contributed by atoms with van der Waals surface area (Å²) in [6.45, 7) is 0.799. The minimum absolute atomic E-state index is 0.173. The van der Waals surface area contributed by atoms with Crippen LogP contribution in [0, 0.1) is 0 Å². The summed E-state index contributed by atoms with van der Waals surface area (Å²) in [6, 6.07) is 11.7. The molecule has 3 aliphatic rings. The summed E-state index contributed by atoms with van der Waals surface area (Å²) < 4.78 is 35.3. The number of ether oxygens (including phenoxy) is 6. The fourth-order valence-corrected chi connectivity index (χ4v) is 4.31. The van der Waals surface area contributed by atoms with Gasteiger partial charge in [0.1, 0.15) is 29.7 Å². The Labute approximate surface area is 193 Å². The Morgan fingerprint density at radius 2 is 1.82 bits per heavy atom. The van der Waals surface area contributed by atoms with Gasteiger partial charge < -0.3 is 33.7 Å². The van der Waals surface area contributed by atoms with Crippen LogP contribution in [0.15, 0.2) is 42.5 Å². The lowest BCUT2D eigenvalue weighted by Crippen LogP contribution is -2.44. The number of amides is 1. The van der Waals surface area contributed by atoms with Crippen molar-refractivity contribution in [2.75, 3.05) is 27.1 Å². The predicted octanol–water partition coefficient (Wildman–Crippen LogP) is 1.34. The van der Waals surface area contributed by atoms with Crippen LogP contribution in [0.25, 0.3) is 0 Å². The third-order valence-electron chi connectivity index (χ3n) is 6.03. The number of hydrogen-bond acceptors (Lipinski definition) is 10. The molecule has 1 aromatic heterocycles. The lowest BCUT2D eigenvalue weighted by Gasteiger charge is -2.18. The first-order chi connectivity index (χ1) is 16.7. The molecule has 1 amide bonds. The van der Waals surface area contributed by atoms with Gasteiger partial charge in [0, 0.05) is 11.6 Å². The van der Waals surface area contributed by atoms with Crippen LogP contribution < -0.4 is 24.3 Å². The number of carbonyl (C=O) groups is 1. The summed E-state index contributed by atoms with van der Waals surface area (Å²) in [4.78, 5) is 12.7. The van der Waals surface area contributed by atoms with Crippen molar-refractivity contribution in [3.05, 3.63) is 48.0 Å². The second-order valence-electron chi connectivity index (χ2n) is 7.99. The van der Waals surface area contributed by atoms with Crippen LogP contribution in [0.1, 0.15) is 16.4 Å². The van der Waals surface area contributed by atoms with Gasteiger partial charge in [-0.25, -0.2) is 0 Å². The van der Waals surface area contributed by atoms with E-state index in [1.165, 1.54) is 0 Å². The number of methoxy groups -OCH3 is 1. The standard InChI is InChI=1S/C22H21N5O7/c1-29-13-4-2-12(3-5-13)21(28)23-15-9-30-20-16(10-31-19(15)20)27-22(24-25-26-27)34-14-6-7-17-18(8-14)33-11-32-17/h2-8,15-16,19-20H,9-11H2,1H3,(H,23,28)/t15-,16+,19-,20+/m1/s1. The number of hydrogen-bond donors (Lipinski definition) is 1. The molecule has 4 atom stereocenters. The highest BCUT2D eigenvalue weighted by atomic mass is 16.7. The maximum Gasteiger partial charge on any atom is 0.341 e. The molecule has 0 saturated carbocycles. The molecule has 3 aromatic rings. The van der Waals surface area contributed by atoms with E-state index in [0.717, 1.165) is 0 Å². The first kappa shape index (κ1) is 20.7. The molecule has 3 aliphatic heterocycles. The smallest absolute Gasteiger partial charge is 0.341 e. The number of carbonyl (C=O) groups excluding carboxylic acids is 1. The Morgan fingerprint density at radius 1 is 1.03 bits per heavy atom. The number of tetrazole rings is 1. The lowest BCUT2D eigenvalue weighted by atomic mass is 10.1. The molecule has 12 nitrogen and oxygen atoms in total. The van der Waals surface area contributed by atoms with E-state index in [9.17, 15) is 4.79 Å². The summed E-state index contributed by atoms with van der Waals surface area (Å²) in [5, 5.41) is 14.9. The second kappa shape index (κ2) is 8.47. The zero-order valence-electron chi connectivity index (χ0n) is 18.1. The van der Waals surface area contributed by atoms with E-state index < -0.39 is 0 Å². The average Bonchev–Trinajstić information content (AvgIpc) is 3.65. The van der Waals surface area contributed by atoms with Crippen molar-refractivity contribution in [3.8, 4) is 29.0 Å². The van der Waals surface area contributed by atoms with E-state index in [-0.39, 0.29) is 43.0 Å². The molecule has 4 heterocycles. The molecule has 0 radical (unpaired) electrons. The zero-order valence-corrected chi connectivity index (χ0v) is 18.1. The maximum atomic E-state index is 12.7. The summed E-state index contributed by atoms with van der Waals surface area (Å²) in [5.74, 6) is 2.23. The van der Waals surface area contributed by atoms with E-state index in [0.29, 0.717) is 41.8 Å². The van der Waals surface area contributed by atoms with Crippen molar-refractivity contribution in [1.29, 1.82) is 0 Å². The Bertz CT molecular complexity index is 1200. The molecular formula is C22H21N5O7. The molecule has 0 spiro atoms. The summed E-state index contributed by atoms with van der Waals surface area (Å²) in [6.07, 6.45) is -0.682. The lowest BCUT2D eigenvalue weighted by molar-refractivity contribution is 0.0606. The molecular weight excluding hydrogens is 446 g/mol. The molecule has 0 unspecified atom stereocenters. The van der Waals surface area contributed by atoms with Crippen LogP contribution >= 0.6 is 0 Å². The highest BCUT2D eigenvalue weighted by Crippen LogP contribution is 2.38. The quantitative estimate of drug-likeness (QED) is 0.567. The fraction of sp³-hybridized carbons (Fsp3) is 0.364. The number of nitrogens with zero attached hydrogens (tertiary/aromatic N) is 4. The van der Waals surface area contributed by atoms with Gasteiger partial charge in [-0.3, -0.25) is 4.79 Å². The second-order valence-corrected chi connectivity index (χ2v) is 7.99. The Balaban J connectivity index is 1.14. The van der Waals surface area contributed by atoms with Crippen molar-refractivity contribution >= 4 is 5.91 Å². The molecule has 1 N–H and O–H groups in total. The molecule has 6 rings (SSSR count). The van der Waals surface area contributed by atoms with E-state index in [2.05, 4.69) is 20.8 Å². The summed E-state index contributed by atoms with van der Waals surface area (Å²) in [5.41, 5.74) is 0.527. The van der Waals surface area contributed by atoms with Gasteiger partial charge in [0.05, 0.1) is 26.4 Å². The van der Waals surface area contributed by atoms with Crippen molar-refractivity contribution in [2.24, 2.45) is 0 Å². The summed E-state index contributed by atoms with van der Waals surface area (Å²) >= 11 is 0. The van der Waals surface area contributed by atoms with Gasteiger partial charge in [-0.2, -0.15) is 4.68 Å². The first-order valence-corrected chi connectivity index (χ1v) is 10.7. The van der Waals surface area contributed by atoms with Crippen molar-refractivity contribution in [2.45, 2.75) is 24.3 Å². The Kier molecular flexibility index (Phi) is 5.15. The van der Waals surface area contributed by atoms with Gasteiger partial charge >= 0.3 is 6.01 Å². The molecule has 176 valence electrons. The largest absolute Gasteiger partial charge is 0.497 e. The molecule has 2 saturated heterocycles. The van der Waals surface area contributed by atoms with Crippen molar-refractivity contribution < 1.29 is 33.2 Å². The SMILES string of the molecule is COc1ccc(C(=O)N[C@@H]2CO[C@@H]3[C@@H]2OC[C@@H]3n2nnnc2Oc2ccc3c(c2)OCO3)cc1. The van der Waals surface area contributed by atoms with Crippen molar-refractivity contribution in [1.82, 2.24) is 25.5 Å². The minimum Gasteiger partial charge on any atom is -0.497 e. The van der Waals surface area contributed by atoms with Crippen LogP contribution in [0.4, 0.5) is 0 Å². The normalized spacial score (nSPS) is 24.6. The molecule has 0 aliphatic carbocycles. The molecule has 0 bridgehead atoms. The van der Waals surface area contributed by atoms with Crippen LogP contribution in [-0.2, 0) is 9.47 Å². The van der Waals surface area contributed by atoms with Crippen LogP contribution in [0.5, 0.6) is 29.0 Å². The van der Waals surface area contributed by atoms with E-state index in [1.54, 1.807) is 54.3 Å².